The number of hydrogen-bond acceptors (Lipinski definition) is 4. The van der Waals surface area contributed by atoms with Gasteiger partial charge in [-0.1, -0.05) is 50.1 Å². The molecule has 4 heteroatoms. The zero-order chi connectivity index (χ0) is 18.8. The van der Waals surface area contributed by atoms with Crippen molar-refractivity contribution in [3.8, 4) is 0 Å². The summed E-state index contributed by atoms with van der Waals surface area (Å²) >= 11 is 0. The van der Waals surface area contributed by atoms with E-state index in [0.29, 0.717) is 25.2 Å². The zero-order valence-electron chi connectivity index (χ0n) is 16.5. The van der Waals surface area contributed by atoms with E-state index in [9.17, 15) is 4.79 Å². The summed E-state index contributed by atoms with van der Waals surface area (Å²) in [6.45, 7) is 10.5. The number of esters is 1. The molecular weight excluding hydrogens is 316 g/mol. The molecule has 0 aromatic rings. The summed E-state index contributed by atoms with van der Waals surface area (Å²) in [5.41, 5.74) is 0.170. The Balaban J connectivity index is 2.69. The fourth-order valence-corrected chi connectivity index (χ4v) is 2.70. The summed E-state index contributed by atoms with van der Waals surface area (Å²) in [5, 5.41) is 0. The van der Waals surface area contributed by atoms with Gasteiger partial charge in [0.25, 0.3) is 0 Å². The van der Waals surface area contributed by atoms with E-state index in [-0.39, 0.29) is 5.97 Å². The molecular formula is C21H34O4. The summed E-state index contributed by atoms with van der Waals surface area (Å²) in [6, 6.07) is 0. The number of allylic oxidation sites excluding steroid dienone is 3. The van der Waals surface area contributed by atoms with Crippen LogP contribution in [-0.4, -0.2) is 30.6 Å². The van der Waals surface area contributed by atoms with Crippen LogP contribution in [0.1, 0.15) is 66.7 Å². The Morgan fingerprint density at radius 3 is 2.48 bits per heavy atom. The predicted molar refractivity (Wildman–Crippen MR) is 101 cm³/mol. The molecule has 0 radical (unpaired) electrons. The van der Waals surface area contributed by atoms with Gasteiger partial charge in [-0.2, -0.15) is 0 Å². The standard InChI is InChI=1S/C21H34O4/c1-6-8-9-10-11-12-13-15-21(17-24-20(4,5)25-21)16-14-18(3)19(22)23-7-2/h10-14H,6-9,15-17H2,1-5H3/b11-10+,13-12+,18-14+/t21-/m0/s1. The second-order valence-corrected chi connectivity index (χ2v) is 6.99. The van der Waals surface area contributed by atoms with Gasteiger partial charge >= 0.3 is 5.97 Å². The summed E-state index contributed by atoms with van der Waals surface area (Å²) in [4.78, 5) is 11.8. The lowest BCUT2D eigenvalue weighted by Gasteiger charge is -2.27. The average Bonchev–Trinajstić information content (AvgIpc) is 2.87. The summed E-state index contributed by atoms with van der Waals surface area (Å²) in [7, 11) is 0. The van der Waals surface area contributed by atoms with Crippen molar-refractivity contribution >= 4 is 5.97 Å². The van der Waals surface area contributed by atoms with Gasteiger partial charge in [0.15, 0.2) is 5.79 Å². The van der Waals surface area contributed by atoms with Crippen LogP contribution in [0, 0.1) is 0 Å². The van der Waals surface area contributed by atoms with E-state index in [2.05, 4.69) is 31.2 Å². The Morgan fingerprint density at radius 1 is 1.16 bits per heavy atom. The monoisotopic (exact) mass is 350 g/mol. The number of carbonyl (C=O) groups is 1. The van der Waals surface area contributed by atoms with Crippen molar-refractivity contribution in [2.45, 2.75) is 78.1 Å². The molecule has 1 aliphatic heterocycles. The van der Waals surface area contributed by atoms with Gasteiger partial charge in [-0.3, -0.25) is 0 Å². The Kier molecular flexibility index (Phi) is 9.15. The normalized spacial score (nSPS) is 23.6. The van der Waals surface area contributed by atoms with Gasteiger partial charge in [0.2, 0.25) is 0 Å². The molecule has 1 rings (SSSR count). The number of hydrogen-bond donors (Lipinski definition) is 0. The third-order valence-electron chi connectivity index (χ3n) is 4.12. The molecule has 0 spiro atoms. The van der Waals surface area contributed by atoms with Crippen molar-refractivity contribution in [2.24, 2.45) is 0 Å². The van der Waals surface area contributed by atoms with E-state index in [0.717, 1.165) is 12.8 Å². The van der Waals surface area contributed by atoms with Crippen LogP contribution in [-0.2, 0) is 19.0 Å². The van der Waals surface area contributed by atoms with E-state index >= 15 is 0 Å². The third-order valence-corrected chi connectivity index (χ3v) is 4.12. The molecule has 0 amide bonds. The quantitative estimate of drug-likeness (QED) is 0.238. The number of carbonyl (C=O) groups excluding carboxylic acids is 1. The minimum atomic E-state index is -0.601. The van der Waals surface area contributed by atoms with Gasteiger partial charge in [-0.05, 0) is 47.0 Å². The topological polar surface area (TPSA) is 44.8 Å². The maximum atomic E-state index is 11.8. The first-order valence-corrected chi connectivity index (χ1v) is 9.34. The molecule has 4 nitrogen and oxygen atoms in total. The van der Waals surface area contributed by atoms with Gasteiger partial charge in [0.05, 0.1) is 13.2 Å². The molecule has 1 saturated heterocycles. The lowest BCUT2D eigenvalue weighted by Crippen LogP contribution is -2.33. The maximum Gasteiger partial charge on any atom is 0.333 e. The third kappa shape index (κ3) is 8.02. The van der Waals surface area contributed by atoms with Crippen LogP contribution in [0.3, 0.4) is 0 Å². The molecule has 0 N–H and O–H groups in total. The molecule has 0 aromatic heterocycles. The Bertz CT molecular complexity index is 502. The van der Waals surface area contributed by atoms with Crippen molar-refractivity contribution in [1.29, 1.82) is 0 Å². The van der Waals surface area contributed by atoms with Crippen molar-refractivity contribution in [2.75, 3.05) is 13.2 Å². The first-order valence-electron chi connectivity index (χ1n) is 9.34. The Morgan fingerprint density at radius 2 is 1.88 bits per heavy atom. The average molecular weight is 350 g/mol. The molecule has 0 aliphatic carbocycles. The summed E-state index contributed by atoms with van der Waals surface area (Å²) < 4.78 is 17.0. The van der Waals surface area contributed by atoms with Crippen molar-refractivity contribution in [1.82, 2.24) is 0 Å². The highest BCUT2D eigenvalue weighted by atomic mass is 16.8. The molecule has 142 valence electrons. The fourth-order valence-electron chi connectivity index (χ4n) is 2.70. The molecule has 1 heterocycles. The SMILES string of the molecule is CCCC/C=C/C=C/C[C@]1(C/C=C(\C)C(=O)OCC)COC(C)(C)O1. The molecule has 0 unspecified atom stereocenters. The van der Waals surface area contributed by atoms with E-state index in [1.54, 1.807) is 6.92 Å². The Hall–Kier alpha value is -1.39. The molecule has 0 saturated carbocycles. The van der Waals surface area contributed by atoms with E-state index in [1.165, 1.54) is 12.8 Å². The summed E-state index contributed by atoms with van der Waals surface area (Å²) in [5.74, 6) is -0.874. The van der Waals surface area contributed by atoms with Crippen molar-refractivity contribution in [3.63, 3.8) is 0 Å². The highest BCUT2D eigenvalue weighted by Crippen LogP contribution is 2.36. The molecule has 25 heavy (non-hydrogen) atoms. The first kappa shape index (κ1) is 21.7. The number of ether oxygens (including phenoxy) is 3. The van der Waals surface area contributed by atoms with Crippen LogP contribution in [0.4, 0.5) is 0 Å². The summed E-state index contributed by atoms with van der Waals surface area (Å²) in [6.07, 6.45) is 15.2. The van der Waals surface area contributed by atoms with Crippen LogP contribution in [0.15, 0.2) is 36.0 Å². The van der Waals surface area contributed by atoms with Crippen LogP contribution >= 0.6 is 0 Å². The molecule has 1 aliphatic rings. The molecule has 1 fully saturated rings. The van der Waals surface area contributed by atoms with Crippen LogP contribution < -0.4 is 0 Å². The highest BCUT2D eigenvalue weighted by molar-refractivity contribution is 5.87. The molecule has 0 aromatic carbocycles. The lowest BCUT2D eigenvalue weighted by molar-refractivity contribution is -0.159. The predicted octanol–water partition coefficient (Wildman–Crippen LogP) is 5.10. The minimum Gasteiger partial charge on any atom is -0.463 e. The van der Waals surface area contributed by atoms with Gasteiger partial charge < -0.3 is 14.2 Å². The second-order valence-electron chi connectivity index (χ2n) is 6.99. The smallest absolute Gasteiger partial charge is 0.333 e. The highest BCUT2D eigenvalue weighted by Gasteiger charge is 2.44. The van der Waals surface area contributed by atoms with Crippen LogP contribution in [0.25, 0.3) is 0 Å². The first-order chi connectivity index (χ1) is 11.8. The van der Waals surface area contributed by atoms with E-state index < -0.39 is 11.4 Å². The molecule has 1 atom stereocenters. The largest absolute Gasteiger partial charge is 0.463 e. The molecule has 0 bridgehead atoms. The number of unbranched alkanes of at least 4 members (excludes halogenated alkanes) is 2. The van der Waals surface area contributed by atoms with Crippen molar-refractivity contribution in [3.05, 3.63) is 36.0 Å². The van der Waals surface area contributed by atoms with E-state index in [1.807, 2.05) is 26.8 Å². The van der Waals surface area contributed by atoms with Crippen molar-refractivity contribution < 1.29 is 19.0 Å². The van der Waals surface area contributed by atoms with Gasteiger partial charge in [-0.15, -0.1) is 0 Å². The Labute approximate surface area is 152 Å². The fraction of sp³-hybridized carbons (Fsp3) is 0.667. The van der Waals surface area contributed by atoms with Gasteiger partial charge in [0.1, 0.15) is 5.60 Å². The van der Waals surface area contributed by atoms with Gasteiger partial charge in [0, 0.05) is 5.57 Å². The minimum absolute atomic E-state index is 0.273. The zero-order valence-corrected chi connectivity index (χ0v) is 16.5. The second kappa shape index (κ2) is 10.6. The van der Waals surface area contributed by atoms with E-state index in [4.69, 9.17) is 14.2 Å². The van der Waals surface area contributed by atoms with Gasteiger partial charge in [-0.25, -0.2) is 4.79 Å². The number of rotatable bonds is 10. The van der Waals surface area contributed by atoms with Crippen LogP contribution in [0.5, 0.6) is 0 Å². The maximum absolute atomic E-state index is 11.8. The van der Waals surface area contributed by atoms with Crippen LogP contribution in [0.2, 0.25) is 0 Å². The lowest BCUT2D eigenvalue weighted by atomic mass is 9.94.